The first-order chi connectivity index (χ1) is 20.5. The summed E-state index contributed by atoms with van der Waals surface area (Å²) in [5, 5.41) is 25.6. The zero-order valence-corrected chi connectivity index (χ0v) is 24.0. The standard InChI is InChI=1S/C31H31FN4O7/c1-4-31(42)18-9-22-26-16(11-36(22)29(40)17(18)12-43-30(31)41)25-20(34-28(39)27-23(38)7-8-35(27)14(3)37)6-5-15-13(2)19(32)10-21(33-26)24(15)25/h9-10,20,23,27,38,42H,4-8,11-12H2,1-3H3,(H,34,39)/t20-,23-,27?,31-/m0/s1. The first-order valence-corrected chi connectivity index (χ1v) is 14.5. The molecule has 1 aromatic carbocycles. The van der Waals surface area contributed by atoms with E-state index in [0.717, 1.165) is 5.56 Å². The Labute approximate surface area is 245 Å². The molecule has 1 unspecified atom stereocenters. The van der Waals surface area contributed by atoms with Crippen LogP contribution in [0.2, 0.25) is 0 Å². The van der Waals surface area contributed by atoms with Gasteiger partial charge in [-0.3, -0.25) is 14.4 Å². The lowest BCUT2D eigenvalue weighted by Gasteiger charge is -2.32. The van der Waals surface area contributed by atoms with Crippen molar-refractivity contribution in [2.75, 3.05) is 6.54 Å². The first kappa shape index (κ1) is 27.7. The van der Waals surface area contributed by atoms with Gasteiger partial charge in [0.05, 0.1) is 41.2 Å². The number of halogens is 1. The van der Waals surface area contributed by atoms with E-state index < -0.39 is 47.0 Å². The Hall–Kier alpha value is -4.16. The molecular weight excluding hydrogens is 559 g/mol. The lowest BCUT2D eigenvalue weighted by atomic mass is 9.81. The van der Waals surface area contributed by atoms with Crippen molar-refractivity contribution in [2.24, 2.45) is 0 Å². The van der Waals surface area contributed by atoms with Gasteiger partial charge < -0.3 is 29.7 Å². The summed E-state index contributed by atoms with van der Waals surface area (Å²) in [5.41, 5.74) is 1.73. The van der Waals surface area contributed by atoms with Crippen LogP contribution in [0.25, 0.3) is 22.3 Å². The molecule has 2 aromatic heterocycles. The number of likely N-dealkylation sites (tertiary alicyclic amines) is 1. The van der Waals surface area contributed by atoms with Crippen molar-refractivity contribution >= 4 is 28.7 Å². The van der Waals surface area contributed by atoms with E-state index in [9.17, 15) is 29.4 Å². The van der Waals surface area contributed by atoms with Gasteiger partial charge in [0.2, 0.25) is 11.8 Å². The Morgan fingerprint density at radius 3 is 2.70 bits per heavy atom. The maximum Gasteiger partial charge on any atom is 0.343 e. The highest BCUT2D eigenvalue weighted by Crippen LogP contribution is 2.46. The number of aliphatic hydroxyl groups excluding tert-OH is 1. The monoisotopic (exact) mass is 590 g/mol. The van der Waals surface area contributed by atoms with Crippen molar-refractivity contribution in [1.29, 1.82) is 0 Å². The van der Waals surface area contributed by atoms with E-state index in [1.807, 2.05) is 0 Å². The number of nitrogens with zero attached hydrogens (tertiary/aromatic N) is 3. The maximum atomic E-state index is 15.1. The van der Waals surface area contributed by atoms with Crippen LogP contribution in [0.5, 0.6) is 0 Å². The summed E-state index contributed by atoms with van der Waals surface area (Å²) in [4.78, 5) is 58.3. The van der Waals surface area contributed by atoms with Crippen LogP contribution in [0.1, 0.15) is 72.5 Å². The minimum absolute atomic E-state index is 0.00274. The second-order valence-electron chi connectivity index (χ2n) is 11.9. The molecule has 224 valence electrons. The third kappa shape index (κ3) is 3.75. The number of rotatable bonds is 3. The van der Waals surface area contributed by atoms with Gasteiger partial charge in [0.25, 0.3) is 5.56 Å². The number of amides is 2. The van der Waals surface area contributed by atoms with Crippen LogP contribution in [-0.2, 0) is 44.3 Å². The molecule has 3 aromatic rings. The van der Waals surface area contributed by atoms with Crippen LogP contribution < -0.4 is 10.9 Å². The second-order valence-corrected chi connectivity index (χ2v) is 11.9. The minimum Gasteiger partial charge on any atom is -0.458 e. The van der Waals surface area contributed by atoms with E-state index >= 15 is 4.39 Å². The maximum absolute atomic E-state index is 15.1. The summed E-state index contributed by atoms with van der Waals surface area (Å²) in [6.45, 7) is 4.81. The van der Waals surface area contributed by atoms with Crippen LogP contribution >= 0.6 is 0 Å². The number of benzene rings is 1. The lowest BCUT2D eigenvalue weighted by Crippen LogP contribution is -2.50. The molecule has 1 saturated heterocycles. The second kappa shape index (κ2) is 9.42. The van der Waals surface area contributed by atoms with Crippen molar-refractivity contribution in [2.45, 2.75) is 83.4 Å². The number of ether oxygens (including phenoxy) is 1. The van der Waals surface area contributed by atoms with Gasteiger partial charge in [0, 0.05) is 36.0 Å². The molecule has 7 rings (SSSR count). The van der Waals surface area contributed by atoms with E-state index in [-0.39, 0.29) is 49.6 Å². The third-order valence-electron chi connectivity index (χ3n) is 9.73. The van der Waals surface area contributed by atoms with Crippen molar-refractivity contribution in [3.8, 4) is 11.4 Å². The molecule has 3 aliphatic heterocycles. The number of cyclic esters (lactones) is 1. The van der Waals surface area contributed by atoms with Gasteiger partial charge in [0.1, 0.15) is 18.5 Å². The SMILES string of the molecule is CC[C@@]1(O)C(=O)OCc2c1cc1n(c2=O)Cc2c-1nc1cc(F)c(C)c3c1c2[C@@H](NC(=O)C1[C@@H](O)CCN1C(C)=O)CC3. The highest BCUT2D eigenvalue weighted by molar-refractivity contribution is 5.95. The molecule has 0 saturated carbocycles. The van der Waals surface area contributed by atoms with Gasteiger partial charge in [-0.05, 0) is 55.4 Å². The number of carbonyl (C=O) groups is 3. The molecule has 43 heavy (non-hydrogen) atoms. The molecule has 0 bridgehead atoms. The molecule has 4 atom stereocenters. The van der Waals surface area contributed by atoms with Gasteiger partial charge >= 0.3 is 5.97 Å². The Bertz CT molecular complexity index is 1850. The number of aromatic nitrogens is 2. The minimum atomic E-state index is -1.99. The molecule has 0 spiro atoms. The number of pyridine rings is 2. The normalized spacial score (nSPS) is 25.3. The molecule has 11 nitrogen and oxygen atoms in total. The van der Waals surface area contributed by atoms with Crippen LogP contribution in [-0.4, -0.2) is 61.1 Å². The number of aryl methyl sites for hydroxylation is 1. The molecule has 1 aliphatic carbocycles. The Morgan fingerprint density at radius 1 is 1.21 bits per heavy atom. The summed E-state index contributed by atoms with van der Waals surface area (Å²) in [7, 11) is 0. The number of nitrogens with one attached hydrogen (secondary N) is 1. The van der Waals surface area contributed by atoms with Crippen LogP contribution in [0.15, 0.2) is 16.9 Å². The number of aliphatic hydroxyl groups is 2. The largest absolute Gasteiger partial charge is 0.458 e. The molecule has 3 N–H and O–H groups in total. The third-order valence-corrected chi connectivity index (χ3v) is 9.73. The smallest absolute Gasteiger partial charge is 0.343 e. The average Bonchev–Trinajstić information content (AvgIpc) is 3.55. The number of hydrogen-bond acceptors (Lipinski definition) is 8. The van der Waals surface area contributed by atoms with Crippen molar-refractivity contribution < 1.29 is 33.7 Å². The Morgan fingerprint density at radius 2 is 1.98 bits per heavy atom. The predicted molar refractivity (Wildman–Crippen MR) is 150 cm³/mol. The van der Waals surface area contributed by atoms with Crippen molar-refractivity contribution in [1.82, 2.24) is 19.8 Å². The van der Waals surface area contributed by atoms with Gasteiger partial charge in [-0.25, -0.2) is 14.2 Å². The topological polar surface area (TPSA) is 151 Å². The Balaban J connectivity index is 1.42. The van der Waals surface area contributed by atoms with Crippen LogP contribution in [0, 0.1) is 12.7 Å². The van der Waals surface area contributed by atoms with E-state index in [1.54, 1.807) is 19.9 Å². The van der Waals surface area contributed by atoms with Crippen LogP contribution in [0.3, 0.4) is 0 Å². The molecule has 12 heteroatoms. The summed E-state index contributed by atoms with van der Waals surface area (Å²) >= 11 is 0. The quantitative estimate of drug-likeness (QED) is 0.305. The van der Waals surface area contributed by atoms with Gasteiger partial charge in [-0.15, -0.1) is 0 Å². The summed E-state index contributed by atoms with van der Waals surface area (Å²) in [6, 6.07) is 1.34. The number of esters is 1. The molecular formula is C31H31FN4O7. The van der Waals surface area contributed by atoms with Gasteiger partial charge in [0.15, 0.2) is 5.60 Å². The van der Waals surface area contributed by atoms with E-state index in [2.05, 4.69) is 5.32 Å². The number of fused-ring (bicyclic) bond motifs is 5. The number of carbonyl (C=O) groups excluding carboxylic acids is 3. The molecule has 0 radical (unpaired) electrons. The molecule has 2 amide bonds. The predicted octanol–water partition coefficient (Wildman–Crippen LogP) is 1.61. The molecule has 4 aliphatic rings. The average molecular weight is 591 g/mol. The zero-order valence-electron chi connectivity index (χ0n) is 24.0. The fourth-order valence-corrected chi connectivity index (χ4v) is 7.40. The van der Waals surface area contributed by atoms with E-state index in [1.165, 1.54) is 22.5 Å². The van der Waals surface area contributed by atoms with Crippen LogP contribution in [0.4, 0.5) is 4.39 Å². The summed E-state index contributed by atoms with van der Waals surface area (Å²) < 4.78 is 21.8. The lowest BCUT2D eigenvalue weighted by molar-refractivity contribution is -0.172. The molecule has 1 fully saturated rings. The number of hydrogen-bond donors (Lipinski definition) is 3. The first-order valence-electron chi connectivity index (χ1n) is 14.5. The zero-order chi connectivity index (χ0) is 30.5. The summed E-state index contributed by atoms with van der Waals surface area (Å²) in [6.07, 6.45) is 0.175. The van der Waals surface area contributed by atoms with E-state index in [0.29, 0.717) is 51.8 Å². The molecule has 5 heterocycles. The fourth-order valence-electron chi connectivity index (χ4n) is 7.40. The summed E-state index contributed by atoms with van der Waals surface area (Å²) in [5.74, 6) is -2.04. The van der Waals surface area contributed by atoms with Crippen molar-refractivity contribution in [3.63, 3.8) is 0 Å². The van der Waals surface area contributed by atoms with Crippen molar-refractivity contribution in [3.05, 3.63) is 61.7 Å². The highest BCUT2D eigenvalue weighted by Gasteiger charge is 2.46. The van der Waals surface area contributed by atoms with Gasteiger partial charge in [-0.1, -0.05) is 6.92 Å². The van der Waals surface area contributed by atoms with Gasteiger partial charge in [-0.2, -0.15) is 0 Å². The van der Waals surface area contributed by atoms with E-state index in [4.69, 9.17) is 9.72 Å². The fraction of sp³-hybridized carbons (Fsp3) is 0.452. The highest BCUT2D eigenvalue weighted by atomic mass is 19.1. The Kier molecular flexibility index (Phi) is 6.06.